The molecule has 0 atom stereocenters. The van der Waals surface area contributed by atoms with Crippen LogP contribution in [0.25, 0.3) is 0 Å². The zero-order valence-electron chi connectivity index (χ0n) is 9.51. The van der Waals surface area contributed by atoms with Crippen LogP contribution in [0.5, 0.6) is 0 Å². The Kier molecular flexibility index (Phi) is 1.99. The van der Waals surface area contributed by atoms with Crippen molar-refractivity contribution < 1.29 is 0 Å². The first-order valence-electron chi connectivity index (χ1n) is 5.54. The predicted molar refractivity (Wildman–Crippen MR) is 61.7 cm³/mol. The molecule has 1 fully saturated rings. The molecule has 2 heterocycles. The zero-order chi connectivity index (χ0) is 11.1. The minimum absolute atomic E-state index is 0.641. The van der Waals surface area contributed by atoms with Gasteiger partial charge in [-0.2, -0.15) is 5.10 Å². The molecular formula is C11H15N5. The quantitative estimate of drug-likeness (QED) is 0.855. The van der Waals surface area contributed by atoms with Crippen molar-refractivity contribution in [2.75, 3.05) is 5.32 Å². The lowest BCUT2D eigenvalue weighted by atomic mass is 10.4. The number of aromatic nitrogens is 4. The molecule has 0 radical (unpaired) electrons. The van der Waals surface area contributed by atoms with E-state index in [4.69, 9.17) is 0 Å². The first-order chi connectivity index (χ1) is 7.74. The van der Waals surface area contributed by atoms with Crippen molar-refractivity contribution in [3.8, 4) is 0 Å². The summed E-state index contributed by atoms with van der Waals surface area (Å²) in [7, 11) is 1.92. The van der Waals surface area contributed by atoms with Crippen LogP contribution in [0.4, 0.5) is 11.6 Å². The van der Waals surface area contributed by atoms with Gasteiger partial charge in [0.05, 0.1) is 11.4 Å². The average Bonchev–Trinajstić information content (AvgIpc) is 2.90. The fourth-order valence-electron chi connectivity index (χ4n) is 1.90. The molecule has 0 amide bonds. The van der Waals surface area contributed by atoms with E-state index in [1.807, 2.05) is 37.2 Å². The fourth-order valence-corrected chi connectivity index (χ4v) is 1.90. The normalized spacial score (nSPS) is 15.4. The summed E-state index contributed by atoms with van der Waals surface area (Å²) < 4.78 is 4.01. The fraction of sp³-hybridized carbons (Fsp3) is 0.455. The van der Waals surface area contributed by atoms with Gasteiger partial charge in [0.1, 0.15) is 0 Å². The van der Waals surface area contributed by atoms with Gasteiger partial charge in [-0.15, -0.1) is 0 Å². The maximum atomic E-state index is 4.34. The number of imidazole rings is 1. The zero-order valence-corrected chi connectivity index (χ0v) is 9.51. The molecule has 0 bridgehead atoms. The number of hydrogen-bond acceptors (Lipinski definition) is 3. The topological polar surface area (TPSA) is 47.7 Å². The molecule has 0 saturated heterocycles. The van der Waals surface area contributed by atoms with Gasteiger partial charge in [0, 0.05) is 31.7 Å². The minimum atomic E-state index is 0.641. The SMILES string of the molecule is Cc1nn(C)cc1Nc1nccn1C1CC1. The maximum absolute atomic E-state index is 4.34. The first-order valence-corrected chi connectivity index (χ1v) is 5.54. The number of nitrogens with zero attached hydrogens (tertiary/aromatic N) is 4. The smallest absolute Gasteiger partial charge is 0.207 e. The van der Waals surface area contributed by atoms with Gasteiger partial charge in [-0.25, -0.2) is 4.98 Å². The Morgan fingerprint density at radius 1 is 1.44 bits per heavy atom. The number of hydrogen-bond donors (Lipinski definition) is 1. The Hall–Kier alpha value is -1.78. The summed E-state index contributed by atoms with van der Waals surface area (Å²) in [6.45, 7) is 1.99. The summed E-state index contributed by atoms with van der Waals surface area (Å²) in [6, 6.07) is 0.641. The van der Waals surface area contributed by atoms with Crippen LogP contribution in [0, 0.1) is 6.92 Å². The Labute approximate surface area is 94.1 Å². The molecule has 5 heteroatoms. The van der Waals surface area contributed by atoms with Crippen molar-refractivity contribution in [1.82, 2.24) is 19.3 Å². The van der Waals surface area contributed by atoms with Gasteiger partial charge in [-0.1, -0.05) is 0 Å². The van der Waals surface area contributed by atoms with Gasteiger partial charge >= 0.3 is 0 Å². The molecular weight excluding hydrogens is 202 g/mol. The average molecular weight is 217 g/mol. The molecule has 3 rings (SSSR count). The van der Waals surface area contributed by atoms with E-state index in [0.717, 1.165) is 17.3 Å². The van der Waals surface area contributed by atoms with E-state index in [0.29, 0.717) is 6.04 Å². The van der Waals surface area contributed by atoms with Crippen LogP contribution in [0.2, 0.25) is 0 Å². The van der Waals surface area contributed by atoms with Crippen molar-refractivity contribution in [2.24, 2.45) is 7.05 Å². The van der Waals surface area contributed by atoms with Crippen LogP contribution in [0.15, 0.2) is 18.6 Å². The third kappa shape index (κ3) is 1.58. The van der Waals surface area contributed by atoms with E-state index in [1.54, 1.807) is 0 Å². The molecule has 0 aliphatic heterocycles. The van der Waals surface area contributed by atoms with Gasteiger partial charge in [0.25, 0.3) is 0 Å². The summed E-state index contributed by atoms with van der Waals surface area (Å²) >= 11 is 0. The molecule has 1 N–H and O–H groups in total. The van der Waals surface area contributed by atoms with Gasteiger partial charge < -0.3 is 9.88 Å². The number of anilines is 2. The highest BCUT2D eigenvalue weighted by molar-refractivity contribution is 5.55. The van der Waals surface area contributed by atoms with E-state index in [-0.39, 0.29) is 0 Å². The predicted octanol–water partition coefficient (Wildman–Crippen LogP) is 2.00. The lowest BCUT2D eigenvalue weighted by molar-refractivity contribution is 0.750. The molecule has 1 aliphatic carbocycles. The molecule has 1 saturated carbocycles. The molecule has 1 aliphatic rings. The summed E-state index contributed by atoms with van der Waals surface area (Å²) in [6.07, 6.45) is 8.37. The van der Waals surface area contributed by atoms with Crippen LogP contribution in [-0.4, -0.2) is 19.3 Å². The highest BCUT2D eigenvalue weighted by Gasteiger charge is 2.25. The van der Waals surface area contributed by atoms with Gasteiger partial charge in [-0.05, 0) is 19.8 Å². The maximum Gasteiger partial charge on any atom is 0.207 e. The molecule has 2 aromatic heterocycles. The van der Waals surface area contributed by atoms with Crippen molar-refractivity contribution in [3.05, 3.63) is 24.3 Å². The molecule has 0 spiro atoms. The van der Waals surface area contributed by atoms with Crippen LogP contribution in [-0.2, 0) is 7.05 Å². The minimum Gasteiger partial charge on any atom is -0.323 e. The largest absolute Gasteiger partial charge is 0.323 e. The van der Waals surface area contributed by atoms with Crippen molar-refractivity contribution in [1.29, 1.82) is 0 Å². The van der Waals surface area contributed by atoms with Crippen molar-refractivity contribution in [2.45, 2.75) is 25.8 Å². The molecule has 0 aromatic carbocycles. The summed E-state index contributed by atoms with van der Waals surface area (Å²) in [5, 5.41) is 7.63. The number of nitrogens with one attached hydrogen (secondary N) is 1. The van der Waals surface area contributed by atoms with Gasteiger partial charge in [0.2, 0.25) is 5.95 Å². The van der Waals surface area contributed by atoms with Crippen LogP contribution >= 0.6 is 0 Å². The molecule has 84 valence electrons. The second-order valence-electron chi connectivity index (χ2n) is 4.32. The third-order valence-electron chi connectivity index (χ3n) is 2.87. The Balaban J connectivity index is 1.88. The summed E-state index contributed by atoms with van der Waals surface area (Å²) in [5.41, 5.74) is 2.02. The highest BCUT2D eigenvalue weighted by Crippen LogP contribution is 2.37. The van der Waals surface area contributed by atoms with Crippen molar-refractivity contribution >= 4 is 11.6 Å². The van der Waals surface area contributed by atoms with E-state index in [2.05, 4.69) is 20.0 Å². The van der Waals surface area contributed by atoms with Crippen molar-refractivity contribution in [3.63, 3.8) is 0 Å². The van der Waals surface area contributed by atoms with Gasteiger partial charge in [0.15, 0.2) is 0 Å². The van der Waals surface area contributed by atoms with E-state index < -0.39 is 0 Å². The second-order valence-corrected chi connectivity index (χ2v) is 4.32. The lowest BCUT2D eigenvalue weighted by Gasteiger charge is -2.07. The molecule has 16 heavy (non-hydrogen) atoms. The Bertz CT molecular complexity index is 506. The second kappa shape index (κ2) is 3.37. The number of rotatable bonds is 3. The van der Waals surface area contributed by atoms with Crippen LogP contribution in [0.1, 0.15) is 24.6 Å². The number of aryl methyl sites for hydroxylation is 2. The van der Waals surface area contributed by atoms with Crippen LogP contribution in [0.3, 0.4) is 0 Å². The Morgan fingerprint density at radius 2 is 2.25 bits per heavy atom. The van der Waals surface area contributed by atoms with E-state index in [1.165, 1.54) is 12.8 Å². The molecule has 2 aromatic rings. The van der Waals surface area contributed by atoms with E-state index in [9.17, 15) is 0 Å². The van der Waals surface area contributed by atoms with E-state index >= 15 is 0 Å². The lowest BCUT2D eigenvalue weighted by Crippen LogP contribution is -2.01. The Morgan fingerprint density at radius 3 is 2.88 bits per heavy atom. The highest BCUT2D eigenvalue weighted by atomic mass is 15.3. The monoisotopic (exact) mass is 217 g/mol. The summed E-state index contributed by atoms with van der Waals surface area (Å²) in [4.78, 5) is 4.34. The molecule has 0 unspecified atom stereocenters. The molecule has 5 nitrogen and oxygen atoms in total. The standard InChI is InChI=1S/C11H15N5/c1-8-10(7-15(2)14-8)13-11-12-5-6-16(11)9-3-4-9/h5-7,9H,3-4H2,1-2H3,(H,12,13). The van der Waals surface area contributed by atoms with Gasteiger partial charge in [-0.3, -0.25) is 4.68 Å². The third-order valence-corrected chi connectivity index (χ3v) is 2.87. The summed E-state index contributed by atoms with van der Waals surface area (Å²) in [5.74, 6) is 0.915. The van der Waals surface area contributed by atoms with Crippen LogP contribution < -0.4 is 5.32 Å². The first kappa shape index (κ1) is 9.45.